The molecule has 1 aliphatic rings. The fourth-order valence-electron chi connectivity index (χ4n) is 4.05. The summed E-state index contributed by atoms with van der Waals surface area (Å²) < 4.78 is 23.4. The zero-order valence-corrected chi connectivity index (χ0v) is 24.7. The normalized spacial score (nSPS) is 16.4. The first kappa shape index (κ1) is 29.3. The molecule has 1 amide bonds. The Morgan fingerprint density at radius 3 is 2.33 bits per heavy atom. The fourth-order valence-corrected chi connectivity index (χ4v) is 5.27. The molecular formula is C31H36ClNO5S. The van der Waals surface area contributed by atoms with Gasteiger partial charge in [0.15, 0.2) is 5.79 Å². The third-order valence-corrected chi connectivity index (χ3v) is 7.33. The molecule has 1 heterocycles. The van der Waals surface area contributed by atoms with Gasteiger partial charge in [-0.05, 0) is 76.1 Å². The summed E-state index contributed by atoms with van der Waals surface area (Å²) in [4.78, 5) is 14.7. The molecule has 1 aliphatic heterocycles. The number of amides is 1. The highest BCUT2D eigenvalue weighted by Crippen LogP contribution is 2.35. The van der Waals surface area contributed by atoms with Crippen LogP contribution in [0.15, 0.2) is 82.6 Å². The van der Waals surface area contributed by atoms with Crippen LogP contribution in [0.5, 0.6) is 5.75 Å². The van der Waals surface area contributed by atoms with Crippen molar-refractivity contribution in [3.63, 3.8) is 0 Å². The number of benzene rings is 3. The van der Waals surface area contributed by atoms with Crippen molar-refractivity contribution in [3.8, 4) is 5.75 Å². The van der Waals surface area contributed by atoms with Crippen LogP contribution < -0.4 is 10.1 Å². The molecule has 6 nitrogen and oxygen atoms in total. The average Bonchev–Trinajstić information content (AvgIpc) is 2.86. The first-order valence-corrected chi connectivity index (χ1v) is 14.1. The van der Waals surface area contributed by atoms with Crippen LogP contribution in [0.1, 0.15) is 45.7 Å². The van der Waals surface area contributed by atoms with Crippen LogP contribution in [-0.2, 0) is 27.2 Å². The van der Waals surface area contributed by atoms with Gasteiger partial charge in [-0.2, -0.15) is 0 Å². The van der Waals surface area contributed by atoms with E-state index < -0.39 is 23.0 Å². The molecule has 0 bridgehead atoms. The minimum absolute atomic E-state index is 0.266. The summed E-state index contributed by atoms with van der Waals surface area (Å²) in [6, 6.07) is 24.0. The third-order valence-electron chi connectivity index (χ3n) is 6.00. The van der Waals surface area contributed by atoms with Gasteiger partial charge in [0.25, 0.3) is 0 Å². The summed E-state index contributed by atoms with van der Waals surface area (Å²) in [6.07, 6.45) is -0.0957. The highest BCUT2D eigenvalue weighted by atomic mass is 35.5. The average molecular weight is 570 g/mol. The number of hydrogen-bond acceptors (Lipinski definition) is 6. The molecule has 0 aromatic heterocycles. The maximum atomic E-state index is 12.7. The predicted molar refractivity (Wildman–Crippen MR) is 155 cm³/mol. The second kappa shape index (κ2) is 12.2. The van der Waals surface area contributed by atoms with Crippen LogP contribution in [-0.4, -0.2) is 36.2 Å². The first-order valence-electron chi connectivity index (χ1n) is 12.9. The molecule has 0 atom stereocenters. The maximum absolute atomic E-state index is 12.7. The molecule has 3 aromatic carbocycles. The lowest BCUT2D eigenvalue weighted by Gasteiger charge is -2.44. The van der Waals surface area contributed by atoms with E-state index in [-0.39, 0.29) is 13.2 Å². The Kier molecular flexibility index (Phi) is 9.17. The van der Waals surface area contributed by atoms with Crippen LogP contribution in [0, 0.1) is 0 Å². The number of ether oxygens (including phenoxy) is 4. The lowest BCUT2D eigenvalue weighted by molar-refractivity contribution is -0.270. The van der Waals surface area contributed by atoms with E-state index >= 15 is 0 Å². The molecule has 208 valence electrons. The second-order valence-electron chi connectivity index (χ2n) is 11.2. The quantitative estimate of drug-likeness (QED) is 0.300. The Bertz CT molecular complexity index is 1270. The Balaban J connectivity index is 1.44. The summed E-state index contributed by atoms with van der Waals surface area (Å²) in [7, 11) is 0. The van der Waals surface area contributed by atoms with Gasteiger partial charge in [0, 0.05) is 21.2 Å². The maximum Gasteiger partial charge on any atom is 0.408 e. The molecule has 39 heavy (non-hydrogen) atoms. The monoisotopic (exact) mass is 569 g/mol. The van der Waals surface area contributed by atoms with Gasteiger partial charge in [0.1, 0.15) is 18.0 Å². The highest BCUT2D eigenvalue weighted by molar-refractivity contribution is 7.99. The van der Waals surface area contributed by atoms with E-state index in [1.165, 1.54) is 0 Å². The number of carbonyl (C=O) groups excluding carboxylic acids is 1. The minimum atomic E-state index is -0.819. The van der Waals surface area contributed by atoms with Crippen molar-refractivity contribution < 1.29 is 23.7 Å². The standard InChI is InChI=1S/C31H36ClNO5S/c1-29(2,3)38-28(34)33-31(20-36-30(4,5)37-21-31)18-23-14-15-26(17-27(23)32)39-25-13-9-12-24(16-25)35-19-22-10-7-6-8-11-22/h6-17H,18-21H2,1-5H3,(H,33,34). The highest BCUT2D eigenvalue weighted by Gasteiger charge is 2.42. The summed E-state index contributed by atoms with van der Waals surface area (Å²) in [5.41, 5.74) is 0.556. The van der Waals surface area contributed by atoms with Crippen LogP contribution >= 0.6 is 23.4 Å². The summed E-state index contributed by atoms with van der Waals surface area (Å²) in [6.45, 7) is 10.2. The van der Waals surface area contributed by atoms with Crippen molar-refractivity contribution in [1.29, 1.82) is 0 Å². The molecule has 0 aliphatic carbocycles. The first-order chi connectivity index (χ1) is 18.4. The zero-order chi connectivity index (χ0) is 28.1. The molecule has 0 radical (unpaired) electrons. The molecule has 0 saturated carbocycles. The number of halogens is 1. The number of hydrogen-bond donors (Lipinski definition) is 1. The molecule has 1 fully saturated rings. The Morgan fingerprint density at radius 2 is 1.67 bits per heavy atom. The van der Waals surface area contributed by atoms with E-state index in [9.17, 15) is 4.79 Å². The molecule has 0 unspecified atom stereocenters. The van der Waals surface area contributed by atoms with Crippen molar-refractivity contribution in [2.24, 2.45) is 0 Å². The molecule has 1 saturated heterocycles. The minimum Gasteiger partial charge on any atom is -0.489 e. The largest absolute Gasteiger partial charge is 0.489 e. The molecule has 8 heteroatoms. The molecule has 1 N–H and O–H groups in total. The van der Waals surface area contributed by atoms with Crippen molar-refractivity contribution in [2.75, 3.05) is 13.2 Å². The van der Waals surface area contributed by atoms with E-state index in [1.54, 1.807) is 11.8 Å². The predicted octanol–water partition coefficient (Wildman–Crippen LogP) is 7.66. The SMILES string of the molecule is CC(C)(C)OC(=O)NC1(Cc2ccc(Sc3cccc(OCc4ccccc4)c3)cc2Cl)COC(C)(C)OC1. The van der Waals surface area contributed by atoms with Crippen LogP contribution in [0.3, 0.4) is 0 Å². The van der Waals surface area contributed by atoms with Gasteiger partial charge in [-0.3, -0.25) is 0 Å². The smallest absolute Gasteiger partial charge is 0.408 e. The van der Waals surface area contributed by atoms with E-state index in [0.717, 1.165) is 26.7 Å². The number of alkyl carbamates (subject to hydrolysis) is 1. The van der Waals surface area contributed by atoms with Crippen LogP contribution in [0.4, 0.5) is 4.79 Å². The number of rotatable bonds is 8. The van der Waals surface area contributed by atoms with Crippen molar-refractivity contribution >= 4 is 29.5 Å². The van der Waals surface area contributed by atoms with Gasteiger partial charge >= 0.3 is 6.09 Å². The van der Waals surface area contributed by atoms with Gasteiger partial charge in [-0.25, -0.2) is 4.79 Å². The van der Waals surface area contributed by atoms with Gasteiger partial charge < -0.3 is 24.3 Å². The second-order valence-corrected chi connectivity index (χ2v) is 12.7. The van der Waals surface area contributed by atoms with Gasteiger partial charge in [0.2, 0.25) is 0 Å². The van der Waals surface area contributed by atoms with E-state index in [1.807, 2.05) is 107 Å². The molecule has 3 aromatic rings. The van der Waals surface area contributed by atoms with Gasteiger partial charge in [-0.1, -0.05) is 65.8 Å². The van der Waals surface area contributed by atoms with Crippen molar-refractivity contribution in [2.45, 2.75) is 74.4 Å². The summed E-state index contributed by atoms with van der Waals surface area (Å²) in [5, 5.41) is 3.60. The van der Waals surface area contributed by atoms with Crippen molar-refractivity contribution in [1.82, 2.24) is 5.32 Å². The lowest BCUT2D eigenvalue weighted by atomic mass is 9.91. The number of nitrogens with one attached hydrogen (secondary N) is 1. The molecular weight excluding hydrogens is 534 g/mol. The summed E-state index contributed by atoms with van der Waals surface area (Å²) in [5.74, 6) is 0.0740. The topological polar surface area (TPSA) is 66.0 Å². The third kappa shape index (κ3) is 8.90. The zero-order valence-electron chi connectivity index (χ0n) is 23.1. The van der Waals surface area contributed by atoms with E-state index in [2.05, 4.69) is 5.32 Å². The van der Waals surface area contributed by atoms with E-state index in [0.29, 0.717) is 18.1 Å². The fraction of sp³-hybridized carbons (Fsp3) is 0.387. The Labute approximate surface area is 240 Å². The summed E-state index contributed by atoms with van der Waals surface area (Å²) >= 11 is 8.37. The Morgan fingerprint density at radius 1 is 0.974 bits per heavy atom. The van der Waals surface area contributed by atoms with Crippen LogP contribution in [0.2, 0.25) is 5.02 Å². The molecule has 4 rings (SSSR count). The lowest BCUT2D eigenvalue weighted by Crippen LogP contribution is -2.62. The van der Waals surface area contributed by atoms with Crippen LogP contribution in [0.25, 0.3) is 0 Å². The number of carbonyl (C=O) groups is 1. The van der Waals surface area contributed by atoms with E-state index in [4.69, 9.17) is 30.5 Å². The van der Waals surface area contributed by atoms with Gasteiger partial charge in [-0.15, -0.1) is 0 Å². The van der Waals surface area contributed by atoms with Gasteiger partial charge in [0.05, 0.1) is 18.8 Å². The Hall–Kier alpha value is -2.71. The van der Waals surface area contributed by atoms with Crippen molar-refractivity contribution in [3.05, 3.63) is 88.9 Å². The molecule has 0 spiro atoms.